The van der Waals surface area contributed by atoms with E-state index < -0.39 is 5.97 Å². The van der Waals surface area contributed by atoms with E-state index in [1.54, 1.807) is 4.90 Å². The zero-order chi connectivity index (χ0) is 19.2. The molecule has 1 aliphatic heterocycles. The number of rotatable bonds is 7. The molecule has 0 aliphatic carbocycles. The second kappa shape index (κ2) is 9.03. The van der Waals surface area contributed by atoms with Crippen LogP contribution in [-0.2, 0) is 19.7 Å². The average Bonchev–Trinajstić information content (AvgIpc) is 2.58. The first-order chi connectivity index (χ1) is 12.3. The second-order valence-corrected chi connectivity index (χ2v) is 7.64. The van der Waals surface area contributed by atoms with Crippen molar-refractivity contribution in [1.29, 1.82) is 0 Å². The Hall–Kier alpha value is -2.08. The minimum atomic E-state index is -0.916. The molecule has 6 nitrogen and oxygen atoms in total. The van der Waals surface area contributed by atoms with Gasteiger partial charge in [-0.1, -0.05) is 32.9 Å². The molecule has 1 amide bonds. The molecule has 2 rings (SSSR count). The molecular weight excluding hydrogens is 334 g/mol. The number of morpholine rings is 1. The van der Waals surface area contributed by atoms with Crippen LogP contribution < -0.4 is 4.74 Å². The highest BCUT2D eigenvalue weighted by Gasteiger charge is 2.28. The van der Waals surface area contributed by atoms with E-state index in [0.29, 0.717) is 32.6 Å². The summed E-state index contributed by atoms with van der Waals surface area (Å²) in [5.74, 6) is -0.160. The molecule has 1 fully saturated rings. The van der Waals surface area contributed by atoms with Crippen molar-refractivity contribution in [2.75, 3.05) is 26.4 Å². The molecule has 26 heavy (non-hydrogen) atoms. The van der Waals surface area contributed by atoms with Gasteiger partial charge in [-0.25, -0.2) is 0 Å². The third-order valence-corrected chi connectivity index (χ3v) is 4.48. The Morgan fingerprint density at radius 3 is 2.58 bits per heavy atom. The second-order valence-electron chi connectivity index (χ2n) is 7.64. The summed E-state index contributed by atoms with van der Waals surface area (Å²) in [4.78, 5) is 24.9. The van der Waals surface area contributed by atoms with Gasteiger partial charge < -0.3 is 19.5 Å². The summed E-state index contributed by atoms with van der Waals surface area (Å²) >= 11 is 0. The highest BCUT2D eigenvalue weighted by atomic mass is 16.5. The Morgan fingerprint density at radius 1 is 1.27 bits per heavy atom. The molecule has 1 unspecified atom stereocenters. The van der Waals surface area contributed by atoms with E-state index in [1.165, 1.54) is 5.56 Å². The minimum Gasteiger partial charge on any atom is -0.494 e. The van der Waals surface area contributed by atoms with Crippen LogP contribution in [0.15, 0.2) is 24.3 Å². The van der Waals surface area contributed by atoms with Gasteiger partial charge in [0.15, 0.2) is 0 Å². The van der Waals surface area contributed by atoms with Gasteiger partial charge in [0, 0.05) is 13.0 Å². The molecule has 1 heterocycles. The highest BCUT2D eigenvalue weighted by Crippen LogP contribution is 2.24. The Labute approximate surface area is 155 Å². The summed E-state index contributed by atoms with van der Waals surface area (Å²) in [7, 11) is 0. The Balaban J connectivity index is 1.76. The Bertz CT molecular complexity index is 606. The molecule has 6 heteroatoms. The molecule has 1 aromatic carbocycles. The van der Waals surface area contributed by atoms with E-state index in [1.807, 2.05) is 12.1 Å². The average molecular weight is 363 g/mol. The maximum absolute atomic E-state index is 12.4. The minimum absolute atomic E-state index is 0.0359. The summed E-state index contributed by atoms with van der Waals surface area (Å²) in [6.07, 6.45) is 0.857. The number of carbonyl (C=O) groups excluding carboxylic acids is 1. The Morgan fingerprint density at radius 2 is 1.96 bits per heavy atom. The van der Waals surface area contributed by atoms with Crippen molar-refractivity contribution in [3.05, 3.63) is 29.8 Å². The lowest BCUT2D eigenvalue weighted by molar-refractivity contribution is -0.146. The quantitative estimate of drug-likeness (QED) is 0.754. The van der Waals surface area contributed by atoms with Crippen LogP contribution in [0.25, 0.3) is 0 Å². The van der Waals surface area contributed by atoms with Crippen molar-refractivity contribution < 1.29 is 24.2 Å². The molecule has 0 aromatic heterocycles. The number of aliphatic carboxylic acids is 1. The van der Waals surface area contributed by atoms with Crippen molar-refractivity contribution in [2.24, 2.45) is 0 Å². The van der Waals surface area contributed by atoms with Gasteiger partial charge in [0.2, 0.25) is 5.91 Å². The fourth-order valence-electron chi connectivity index (χ4n) is 2.96. The van der Waals surface area contributed by atoms with Crippen LogP contribution in [0.1, 0.15) is 45.6 Å². The van der Waals surface area contributed by atoms with E-state index in [0.717, 1.165) is 5.75 Å². The first-order valence-corrected chi connectivity index (χ1v) is 9.10. The summed E-state index contributed by atoms with van der Waals surface area (Å²) in [6, 6.07) is 7.65. The molecule has 0 spiro atoms. The molecule has 0 radical (unpaired) electrons. The van der Waals surface area contributed by atoms with Gasteiger partial charge in [0.05, 0.1) is 32.3 Å². The number of nitrogens with zero attached hydrogens (tertiary/aromatic N) is 1. The van der Waals surface area contributed by atoms with Gasteiger partial charge in [0.25, 0.3) is 0 Å². The largest absolute Gasteiger partial charge is 0.494 e. The number of hydrogen-bond donors (Lipinski definition) is 1. The molecule has 0 saturated carbocycles. The van der Waals surface area contributed by atoms with Gasteiger partial charge in [-0.15, -0.1) is 0 Å². The predicted molar refractivity (Wildman–Crippen MR) is 98.4 cm³/mol. The zero-order valence-electron chi connectivity index (χ0n) is 15.9. The van der Waals surface area contributed by atoms with E-state index in [2.05, 4.69) is 32.9 Å². The summed E-state index contributed by atoms with van der Waals surface area (Å²) in [5.41, 5.74) is 1.35. The lowest BCUT2D eigenvalue weighted by Crippen LogP contribution is -2.49. The SMILES string of the molecule is CC(C)(C)c1ccc(OCCCC(=O)N2CCOCC2CC(=O)O)cc1. The van der Waals surface area contributed by atoms with Gasteiger partial charge in [0.1, 0.15) is 5.75 Å². The Kier molecular flexibility index (Phi) is 7.03. The maximum atomic E-state index is 12.4. The molecule has 1 N–H and O–H groups in total. The lowest BCUT2D eigenvalue weighted by atomic mass is 9.87. The van der Waals surface area contributed by atoms with Crippen LogP contribution >= 0.6 is 0 Å². The third-order valence-electron chi connectivity index (χ3n) is 4.48. The number of carboxylic acids is 1. The molecular formula is C20H29NO5. The topological polar surface area (TPSA) is 76.1 Å². The van der Waals surface area contributed by atoms with Crippen LogP contribution in [-0.4, -0.2) is 54.3 Å². The summed E-state index contributed by atoms with van der Waals surface area (Å²) in [6.45, 7) is 8.14. The van der Waals surface area contributed by atoms with Crippen LogP contribution in [0, 0.1) is 0 Å². The summed E-state index contributed by atoms with van der Waals surface area (Å²) < 4.78 is 11.0. The van der Waals surface area contributed by atoms with Crippen molar-refractivity contribution in [3.8, 4) is 5.75 Å². The standard InChI is InChI=1S/C20H29NO5/c1-20(2,3)15-6-8-17(9-7-15)26-11-4-5-18(22)21-10-12-25-14-16(21)13-19(23)24/h6-9,16H,4-5,10-14H2,1-3H3,(H,23,24). The smallest absolute Gasteiger partial charge is 0.305 e. The normalized spacial score (nSPS) is 17.8. The maximum Gasteiger partial charge on any atom is 0.305 e. The van der Waals surface area contributed by atoms with E-state index in [4.69, 9.17) is 14.6 Å². The molecule has 1 atom stereocenters. The van der Waals surface area contributed by atoms with Crippen molar-refractivity contribution >= 4 is 11.9 Å². The fourth-order valence-corrected chi connectivity index (χ4v) is 2.96. The number of ether oxygens (including phenoxy) is 2. The first-order valence-electron chi connectivity index (χ1n) is 9.10. The van der Waals surface area contributed by atoms with E-state index >= 15 is 0 Å². The number of amides is 1. The number of carboxylic acid groups (broad SMARTS) is 1. The first kappa shape index (κ1) is 20.2. The van der Waals surface area contributed by atoms with Crippen molar-refractivity contribution in [2.45, 2.75) is 51.5 Å². The van der Waals surface area contributed by atoms with Gasteiger partial charge in [-0.2, -0.15) is 0 Å². The molecule has 1 aromatic rings. The van der Waals surface area contributed by atoms with E-state index in [9.17, 15) is 9.59 Å². The van der Waals surface area contributed by atoms with Crippen LogP contribution in [0.2, 0.25) is 0 Å². The summed E-state index contributed by atoms with van der Waals surface area (Å²) in [5, 5.41) is 8.96. The van der Waals surface area contributed by atoms with Crippen molar-refractivity contribution in [3.63, 3.8) is 0 Å². The molecule has 1 aliphatic rings. The van der Waals surface area contributed by atoms with Gasteiger partial charge >= 0.3 is 5.97 Å². The molecule has 1 saturated heterocycles. The number of benzene rings is 1. The fraction of sp³-hybridized carbons (Fsp3) is 0.600. The third kappa shape index (κ3) is 6.02. The predicted octanol–water partition coefficient (Wildman–Crippen LogP) is 2.85. The van der Waals surface area contributed by atoms with Gasteiger partial charge in [-0.05, 0) is 29.5 Å². The zero-order valence-corrected chi connectivity index (χ0v) is 15.9. The van der Waals surface area contributed by atoms with Crippen molar-refractivity contribution in [1.82, 2.24) is 4.90 Å². The lowest BCUT2D eigenvalue weighted by Gasteiger charge is -2.35. The number of carbonyl (C=O) groups is 2. The van der Waals surface area contributed by atoms with Crippen LogP contribution in [0.4, 0.5) is 0 Å². The van der Waals surface area contributed by atoms with Crippen LogP contribution in [0.5, 0.6) is 5.75 Å². The molecule has 144 valence electrons. The monoisotopic (exact) mass is 363 g/mol. The highest BCUT2D eigenvalue weighted by molar-refractivity contribution is 5.77. The van der Waals surface area contributed by atoms with E-state index in [-0.39, 0.29) is 30.4 Å². The number of hydrogen-bond acceptors (Lipinski definition) is 4. The molecule has 0 bridgehead atoms. The van der Waals surface area contributed by atoms with Crippen LogP contribution in [0.3, 0.4) is 0 Å². The van der Waals surface area contributed by atoms with Gasteiger partial charge in [-0.3, -0.25) is 9.59 Å².